The van der Waals surface area contributed by atoms with Gasteiger partial charge in [0, 0.05) is 9.79 Å². The molecule has 0 aromatic heterocycles. The van der Waals surface area contributed by atoms with Crippen LogP contribution in [0, 0.1) is 0 Å². The van der Waals surface area contributed by atoms with E-state index in [1.54, 1.807) is 0 Å². The first-order valence-corrected chi connectivity index (χ1v) is 7.54. The minimum atomic E-state index is 1.09. The lowest BCUT2D eigenvalue weighted by Gasteiger charge is -2.21. The van der Waals surface area contributed by atoms with Crippen molar-refractivity contribution in [3.63, 3.8) is 0 Å². The molecule has 1 heteroatoms. The molecule has 0 aliphatic carbocycles. The first kappa shape index (κ1) is 11.9. The second-order valence-corrected chi connectivity index (χ2v) is 5.89. The van der Waals surface area contributed by atoms with E-state index in [4.69, 9.17) is 0 Å². The molecule has 0 fully saturated rings. The van der Waals surface area contributed by atoms with Gasteiger partial charge in [-0.25, -0.2) is 0 Å². The van der Waals surface area contributed by atoms with Crippen LogP contribution >= 0.6 is 11.8 Å². The Bertz CT molecular complexity index is 584. The largest absolute Gasteiger partial charge is 0.0892 e. The second-order valence-electron chi connectivity index (χ2n) is 4.83. The van der Waals surface area contributed by atoms with E-state index < -0.39 is 0 Å². The van der Waals surface area contributed by atoms with Crippen molar-refractivity contribution in [1.29, 1.82) is 0 Å². The van der Waals surface area contributed by atoms with Crippen LogP contribution < -0.4 is 0 Å². The highest BCUT2D eigenvalue weighted by Gasteiger charge is 2.18. The highest BCUT2D eigenvalue weighted by molar-refractivity contribution is 7.99. The van der Waals surface area contributed by atoms with Crippen LogP contribution in [0.5, 0.6) is 0 Å². The van der Waals surface area contributed by atoms with Crippen LogP contribution in [0.25, 0.3) is 0 Å². The summed E-state index contributed by atoms with van der Waals surface area (Å²) in [5, 5.41) is 0. The van der Waals surface area contributed by atoms with Gasteiger partial charge in [0.2, 0.25) is 0 Å². The van der Waals surface area contributed by atoms with Crippen molar-refractivity contribution in [3.8, 4) is 0 Å². The Morgan fingerprint density at radius 3 is 2.67 bits per heavy atom. The van der Waals surface area contributed by atoms with Crippen molar-refractivity contribution in [2.45, 2.75) is 42.9 Å². The molecule has 0 radical (unpaired) electrons. The zero-order chi connectivity index (χ0) is 12.5. The smallest absolute Gasteiger partial charge is 0.0189 e. The first-order chi connectivity index (χ1) is 8.81. The van der Waals surface area contributed by atoms with Crippen molar-refractivity contribution in [2.24, 2.45) is 0 Å². The molecule has 92 valence electrons. The third-order valence-electron chi connectivity index (χ3n) is 3.69. The molecule has 0 unspecified atom stereocenters. The molecule has 2 aromatic carbocycles. The number of hydrogen-bond donors (Lipinski definition) is 0. The summed E-state index contributed by atoms with van der Waals surface area (Å²) < 4.78 is 0. The van der Waals surface area contributed by atoms with E-state index in [0.717, 1.165) is 19.3 Å². The van der Waals surface area contributed by atoms with Gasteiger partial charge in [0.15, 0.2) is 0 Å². The van der Waals surface area contributed by atoms with E-state index >= 15 is 0 Å². The fourth-order valence-electron chi connectivity index (χ4n) is 2.56. The van der Waals surface area contributed by atoms with E-state index in [2.05, 4.69) is 50.2 Å². The summed E-state index contributed by atoms with van der Waals surface area (Å²) in [5.74, 6) is 0. The SMILES string of the molecule is CCc1ccc2c(c1)Sc1c(CC)cccc1C2. The predicted octanol–water partition coefficient (Wildman–Crippen LogP) is 4.87. The van der Waals surface area contributed by atoms with Gasteiger partial charge in [0.05, 0.1) is 0 Å². The molecule has 1 heterocycles. The minimum absolute atomic E-state index is 1.09. The molecular formula is C17H18S. The van der Waals surface area contributed by atoms with Crippen molar-refractivity contribution in [3.05, 3.63) is 58.7 Å². The Kier molecular flexibility index (Phi) is 3.17. The summed E-state index contributed by atoms with van der Waals surface area (Å²) >= 11 is 1.96. The van der Waals surface area contributed by atoms with Crippen LogP contribution in [-0.2, 0) is 19.3 Å². The quantitative estimate of drug-likeness (QED) is 0.629. The van der Waals surface area contributed by atoms with Crippen LogP contribution in [0.15, 0.2) is 46.2 Å². The average molecular weight is 254 g/mol. The van der Waals surface area contributed by atoms with E-state index in [1.807, 2.05) is 11.8 Å². The minimum Gasteiger partial charge on any atom is -0.0892 e. The molecule has 2 aromatic rings. The van der Waals surface area contributed by atoms with Crippen molar-refractivity contribution >= 4 is 11.8 Å². The number of rotatable bonds is 2. The molecule has 0 N–H and O–H groups in total. The molecule has 1 aliphatic heterocycles. The maximum absolute atomic E-state index is 2.37. The normalized spacial score (nSPS) is 13.0. The van der Waals surface area contributed by atoms with E-state index in [0.29, 0.717) is 0 Å². The van der Waals surface area contributed by atoms with Gasteiger partial charge in [-0.15, -0.1) is 0 Å². The number of aryl methyl sites for hydroxylation is 2. The second kappa shape index (κ2) is 4.81. The van der Waals surface area contributed by atoms with Crippen molar-refractivity contribution in [2.75, 3.05) is 0 Å². The lowest BCUT2D eigenvalue weighted by molar-refractivity contribution is 0.985. The summed E-state index contributed by atoms with van der Waals surface area (Å²) in [6.45, 7) is 4.47. The zero-order valence-corrected chi connectivity index (χ0v) is 11.8. The average Bonchev–Trinajstić information content (AvgIpc) is 2.43. The first-order valence-electron chi connectivity index (χ1n) is 6.72. The van der Waals surface area contributed by atoms with E-state index in [-0.39, 0.29) is 0 Å². The summed E-state index contributed by atoms with van der Waals surface area (Å²) in [6, 6.07) is 13.7. The molecule has 3 rings (SSSR count). The molecule has 0 saturated heterocycles. The fraction of sp³-hybridized carbons (Fsp3) is 0.294. The van der Waals surface area contributed by atoms with Gasteiger partial charge in [-0.05, 0) is 47.6 Å². The highest BCUT2D eigenvalue weighted by Crippen LogP contribution is 2.41. The predicted molar refractivity (Wildman–Crippen MR) is 78.6 cm³/mol. The van der Waals surface area contributed by atoms with Gasteiger partial charge >= 0.3 is 0 Å². The molecule has 0 nitrogen and oxygen atoms in total. The molecule has 0 saturated carbocycles. The van der Waals surface area contributed by atoms with E-state index in [9.17, 15) is 0 Å². The Hall–Kier alpha value is -1.21. The van der Waals surface area contributed by atoms with Crippen LogP contribution in [0.1, 0.15) is 36.1 Å². The van der Waals surface area contributed by atoms with Gasteiger partial charge in [0.1, 0.15) is 0 Å². The highest BCUT2D eigenvalue weighted by atomic mass is 32.2. The number of benzene rings is 2. The van der Waals surface area contributed by atoms with Crippen molar-refractivity contribution in [1.82, 2.24) is 0 Å². The molecule has 0 atom stereocenters. The van der Waals surface area contributed by atoms with Gasteiger partial charge in [-0.3, -0.25) is 0 Å². The Balaban J connectivity index is 2.06. The summed E-state index contributed by atoms with van der Waals surface area (Å²) in [5.41, 5.74) is 5.91. The third-order valence-corrected chi connectivity index (χ3v) is 5.02. The maximum Gasteiger partial charge on any atom is 0.0189 e. The maximum atomic E-state index is 2.37. The van der Waals surface area contributed by atoms with Crippen LogP contribution in [0.2, 0.25) is 0 Å². The summed E-state index contributed by atoms with van der Waals surface area (Å²) in [4.78, 5) is 2.96. The van der Waals surface area contributed by atoms with Crippen LogP contribution in [0.3, 0.4) is 0 Å². The van der Waals surface area contributed by atoms with Gasteiger partial charge < -0.3 is 0 Å². The van der Waals surface area contributed by atoms with Gasteiger partial charge in [-0.2, -0.15) is 0 Å². The van der Waals surface area contributed by atoms with E-state index in [1.165, 1.54) is 32.0 Å². The lowest BCUT2D eigenvalue weighted by atomic mass is 9.99. The molecule has 0 bridgehead atoms. The molecule has 18 heavy (non-hydrogen) atoms. The molecular weight excluding hydrogens is 236 g/mol. The van der Waals surface area contributed by atoms with Crippen LogP contribution in [-0.4, -0.2) is 0 Å². The molecule has 1 aliphatic rings. The van der Waals surface area contributed by atoms with Crippen LogP contribution in [0.4, 0.5) is 0 Å². The van der Waals surface area contributed by atoms with Crippen molar-refractivity contribution < 1.29 is 0 Å². The fourth-order valence-corrected chi connectivity index (χ4v) is 3.88. The zero-order valence-electron chi connectivity index (χ0n) is 11.0. The Labute approximate surface area is 113 Å². The monoisotopic (exact) mass is 254 g/mol. The van der Waals surface area contributed by atoms with Gasteiger partial charge in [-0.1, -0.05) is 55.9 Å². The summed E-state index contributed by atoms with van der Waals surface area (Å²) in [7, 11) is 0. The Morgan fingerprint density at radius 2 is 1.89 bits per heavy atom. The van der Waals surface area contributed by atoms with Gasteiger partial charge in [0.25, 0.3) is 0 Å². The lowest BCUT2D eigenvalue weighted by Crippen LogP contribution is -2.02. The molecule has 0 spiro atoms. The summed E-state index contributed by atoms with van der Waals surface area (Å²) in [6.07, 6.45) is 3.34. The number of hydrogen-bond acceptors (Lipinski definition) is 1. The standard InChI is InChI=1S/C17H18S/c1-3-12-8-9-14-11-15-7-5-6-13(4-2)17(15)18-16(14)10-12/h5-10H,3-4,11H2,1-2H3. The third kappa shape index (κ3) is 1.97. The Morgan fingerprint density at radius 1 is 1.00 bits per heavy atom. The topological polar surface area (TPSA) is 0 Å². The number of fused-ring (bicyclic) bond motifs is 2. The molecule has 0 amide bonds.